The molecule has 2 fully saturated rings. The molecule has 0 aliphatic carbocycles. The minimum absolute atomic E-state index is 0.0569. The van der Waals surface area contributed by atoms with E-state index in [1.165, 1.54) is 0 Å². The summed E-state index contributed by atoms with van der Waals surface area (Å²) in [5, 5.41) is 0. The van der Waals surface area contributed by atoms with Crippen LogP contribution < -0.4 is 20.1 Å². The Morgan fingerprint density at radius 3 is 2.36 bits per heavy atom. The second kappa shape index (κ2) is 15.1. The molecule has 2 aromatic rings. The molecule has 44 heavy (non-hydrogen) atoms. The predicted octanol–water partition coefficient (Wildman–Crippen LogP) is 2.26. The number of amides is 2. The highest BCUT2D eigenvalue weighted by atomic mass is 32.2. The molecule has 2 N–H and O–H groups in total. The standard InChI is InChI=1S/C32H47N5O6S/c1-5-34(6-2)19-20-44(40,41)36-15-13-26(14-16-36)43-27-12-11-25(30(22-27)42-4)21-31(38)37-18-17-35(23-29(37)32(33)39)28-10-8-7-9-24(28)3/h7-12,22,26,29H,5-6,13-21,23H2,1-4H3,(H2,33,39). The van der Waals surface area contributed by atoms with Gasteiger partial charge in [-0.25, -0.2) is 12.7 Å². The normalized spacial score (nSPS) is 18.4. The number of methoxy groups -OCH3 is 1. The maximum absolute atomic E-state index is 13.4. The summed E-state index contributed by atoms with van der Waals surface area (Å²) >= 11 is 0. The lowest BCUT2D eigenvalue weighted by atomic mass is 10.0. The molecule has 2 aliphatic heterocycles. The average molecular weight is 630 g/mol. The number of nitrogens with two attached hydrogens (primary N) is 1. The van der Waals surface area contributed by atoms with E-state index in [-0.39, 0.29) is 24.2 Å². The van der Waals surface area contributed by atoms with Gasteiger partial charge in [-0.2, -0.15) is 0 Å². The molecule has 0 radical (unpaired) electrons. The van der Waals surface area contributed by atoms with Crippen LogP contribution in [-0.2, 0) is 26.0 Å². The minimum atomic E-state index is -3.31. The van der Waals surface area contributed by atoms with Crippen molar-refractivity contribution >= 4 is 27.5 Å². The van der Waals surface area contributed by atoms with Gasteiger partial charge in [-0.15, -0.1) is 0 Å². The second-order valence-electron chi connectivity index (χ2n) is 11.4. The topological polar surface area (TPSA) is 126 Å². The zero-order valence-corrected chi connectivity index (χ0v) is 27.2. The number of para-hydroxylation sites is 1. The first-order valence-corrected chi connectivity index (χ1v) is 17.1. The van der Waals surface area contributed by atoms with Gasteiger partial charge in [0.1, 0.15) is 23.6 Å². The predicted molar refractivity (Wildman–Crippen MR) is 172 cm³/mol. The van der Waals surface area contributed by atoms with E-state index in [1.54, 1.807) is 28.4 Å². The van der Waals surface area contributed by atoms with Gasteiger partial charge in [0.2, 0.25) is 21.8 Å². The third-order valence-corrected chi connectivity index (χ3v) is 10.6. The van der Waals surface area contributed by atoms with E-state index in [0.29, 0.717) is 69.2 Å². The number of anilines is 1. The van der Waals surface area contributed by atoms with Crippen molar-refractivity contribution in [1.29, 1.82) is 0 Å². The van der Waals surface area contributed by atoms with Gasteiger partial charge in [0, 0.05) is 56.6 Å². The first-order valence-electron chi connectivity index (χ1n) is 15.5. The Balaban J connectivity index is 1.34. The third-order valence-electron chi connectivity index (χ3n) is 8.74. The van der Waals surface area contributed by atoms with Crippen molar-refractivity contribution in [3.63, 3.8) is 0 Å². The highest BCUT2D eigenvalue weighted by Gasteiger charge is 2.35. The molecule has 11 nitrogen and oxygen atoms in total. The van der Waals surface area contributed by atoms with Gasteiger partial charge in [0.25, 0.3) is 0 Å². The molecule has 0 bridgehead atoms. The van der Waals surface area contributed by atoms with Gasteiger partial charge >= 0.3 is 0 Å². The van der Waals surface area contributed by atoms with Gasteiger partial charge in [0.05, 0.1) is 19.3 Å². The van der Waals surface area contributed by atoms with E-state index < -0.39 is 22.0 Å². The van der Waals surface area contributed by atoms with Crippen molar-refractivity contribution in [2.75, 3.05) is 70.1 Å². The molecule has 4 rings (SSSR count). The average Bonchev–Trinajstić information content (AvgIpc) is 3.02. The smallest absolute Gasteiger partial charge is 0.242 e. The molecule has 2 aromatic carbocycles. The van der Waals surface area contributed by atoms with E-state index in [2.05, 4.69) is 9.80 Å². The highest BCUT2D eigenvalue weighted by molar-refractivity contribution is 7.89. The SMILES string of the molecule is CCN(CC)CCS(=O)(=O)N1CCC(Oc2ccc(CC(=O)N3CCN(c4ccccc4C)CC3C(N)=O)c(OC)c2)CC1. The van der Waals surface area contributed by atoms with Gasteiger partial charge in [-0.3, -0.25) is 9.59 Å². The number of sulfonamides is 1. The number of hydrogen-bond acceptors (Lipinski definition) is 8. The van der Waals surface area contributed by atoms with Gasteiger partial charge in [0.15, 0.2) is 0 Å². The highest BCUT2D eigenvalue weighted by Crippen LogP contribution is 2.29. The lowest BCUT2D eigenvalue weighted by Crippen LogP contribution is -2.60. The number of nitrogens with zero attached hydrogens (tertiary/aromatic N) is 4. The van der Waals surface area contributed by atoms with E-state index in [0.717, 1.165) is 24.3 Å². The fourth-order valence-electron chi connectivity index (χ4n) is 6.00. The van der Waals surface area contributed by atoms with Crippen molar-refractivity contribution in [3.8, 4) is 11.5 Å². The van der Waals surface area contributed by atoms with Crippen molar-refractivity contribution in [1.82, 2.24) is 14.1 Å². The van der Waals surface area contributed by atoms with Gasteiger partial charge < -0.3 is 29.9 Å². The molecule has 2 aliphatic rings. The van der Waals surface area contributed by atoms with Gasteiger partial charge in [-0.1, -0.05) is 38.1 Å². The molecule has 0 saturated carbocycles. The molecular weight excluding hydrogens is 582 g/mol. The summed E-state index contributed by atoms with van der Waals surface area (Å²) in [6, 6.07) is 12.6. The second-order valence-corrected chi connectivity index (χ2v) is 13.5. The number of primary amides is 1. The van der Waals surface area contributed by atoms with Crippen LogP contribution in [-0.4, -0.2) is 112 Å². The lowest BCUT2D eigenvalue weighted by Gasteiger charge is -2.41. The number of rotatable bonds is 13. The molecule has 2 saturated heterocycles. The van der Waals surface area contributed by atoms with Crippen LogP contribution in [0.15, 0.2) is 42.5 Å². The van der Waals surface area contributed by atoms with E-state index in [4.69, 9.17) is 15.2 Å². The Hall–Kier alpha value is -3.35. The number of piperidine rings is 1. The Morgan fingerprint density at radius 1 is 1.02 bits per heavy atom. The summed E-state index contributed by atoms with van der Waals surface area (Å²) in [6.07, 6.45) is 1.12. The maximum atomic E-state index is 13.4. The number of hydrogen-bond donors (Lipinski definition) is 1. The number of ether oxygens (including phenoxy) is 2. The lowest BCUT2D eigenvalue weighted by molar-refractivity contribution is -0.139. The summed E-state index contributed by atoms with van der Waals surface area (Å²) in [5.41, 5.74) is 8.58. The van der Waals surface area contributed by atoms with Crippen LogP contribution in [0, 0.1) is 6.92 Å². The fourth-order valence-corrected chi connectivity index (χ4v) is 7.52. The number of aryl methyl sites for hydroxylation is 1. The number of carbonyl (C=O) groups excluding carboxylic acids is 2. The zero-order chi connectivity index (χ0) is 31.9. The van der Waals surface area contributed by atoms with Crippen LogP contribution in [0.5, 0.6) is 11.5 Å². The number of piperazine rings is 1. The Bertz CT molecular complexity index is 1390. The van der Waals surface area contributed by atoms with Crippen LogP contribution in [0.1, 0.15) is 37.8 Å². The molecule has 1 atom stereocenters. The molecule has 1 unspecified atom stereocenters. The molecule has 12 heteroatoms. The molecule has 0 spiro atoms. The summed E-state index contributed by atoms with van der Waals surface area (Å²) < 4.78 is 39.1. The molecular formula is C32H47N5O6S. The van der Waals surface area contributed by atoms with Crippen molar-refractivity contribution in [3.05, 3.63) is 53.6 Å². The van der Waals surface area contributed by atoms with Crippen LogP contribution in [0.3, 0.4) is 0 Å². The Morgan fingerprint density at radius 2 is 1.73 bits per heavy atom. The minimum Gasteiger partial charge on any atom is -0.496 e. The molecule has 2 heterocycles. The molecule has 242 valence electrons. The fraction of sp³-hybridized carbons (Fsp3) is 0.562. The molecule has 0 aromatic heterocycles. The monoisotopic (exact) mass is 629 g/mol. The summed E-state index contributed by atoms with van der Waals surface area (Å²) in [4.78, 5) is 31.7. The van der Waals surface area contributed by atoms with E-state index in [9.17, 15) is 18.0 Å². The number of carbonyl (C=O) groups is 2. The molecule has 2 amide bonds. The maximum Gasteiger partial charge on any atom is 0.242 e. The first kappa shape index (κ1) is 33.5. The van der Waals surface area contributed by atoms with E-state index >= 15 is 0 Å². The van der Waals surface area contributed by atoms with Crippen molar-refractivity contribution in [2.45, 2.75) is 52.2 Å². The van der Waals surface area contributed by atoms with Crippen LogP contribution in [0.2, 0.25) is 0 Å². The number of benzene rings is 2. The van der Waals surface area contributed by atoms with E-state index in [1.807, 2.05) is 51.1 Å². The summed E-state index contributed by atoms with van der Waals surface area (Å²) in [5.74, 6) is 0.513. The largest absolute Gasteiger partial charge is 0.496 e. The Kier molecular flexibility index (Phi) is 11.5. The van der Waals surface area contributed by atoms with Crippen LogP contribution in [0.25, 0.3) is 0 Å². The van der Waals surface area contributed by atoms with Crippen LogP contribution >= 0.6 is 0 Å². The Labute approximate surface area is 261 Å². The van der Waals surface area contributed by atoms with Crippen LogP contribution in [0.4, 0.5) is 5.69 Å². The quantitative estimate of drug-likeness (QED) is 0.358. The van der Waals surface area contributed by atoms with Crippen molar-refractivity contribution < 1.29 is 27.5 Å². The van der Waals surface area contributed by atoms with Gasteiger partial charge in [-0.05, 0) is 50.6 Å². The zero-order valence-electron chi connectivity index (χ0n) is 26.4. The summed E-state index contributed by atoms with van der Waals surface area (Å²) in [7, 11) is -1.77. The summed E-state index contributed by atoms with van der Waals surface area (Å²) in [6.45, 7) is 10.5. The third kappa shape index (κ3) is 8.22. The van der Waals surface area contributed by atoms with Crippen molar-refractivity contribution in [2.24, 2.45) is 5.73 Å². The first-order chi connectivity index (χ1) is 21.1.